The fourth-order valence-corrected chi connectivity index (χ4v) is 3.57. The third-order valence-corrected chi connectivity index (χ3v) is 5.18. The molecule has 0 aromatic heterocycles. The molecule has 0 spiro atoms. The van der Waals surface area contributed by atoms with Crippen molar-refractivity contribution >= 4 is 0 Å². The Morgan fingerprint density at radius 2 is 1.60 bits per heavy atom. The number of alkyl halides is 3. The minimum Gasteiger partial charge on any atom is -0.464 e. The SMILES string of the molecule is O[C@@H](CN1CCN(Cc2ccc3c(c2)OCO3)CC1)Oc1ccc(C(F)(F)F)cc1. The molecule has 2 aliphatic rings. The molecule has 1 saturated heterocycles. The van der Waals surface area contributed by atoms with Crippen LogP contribution in [0.1, 0.15) is 11.1 Å². The standard InChI is InChI=1S/C21H23F3N2O4/c22-21(23,24)16-2-4-17(5-3-16)30-20(27)13-26-9-7-25(8-10-26)12-15-1-6-18-19(11-15)29-14-28-18/h1-6,11,20,27H,7-10,12-14H2/t20-/m1/s1. The zero-order chi connectivity index (χ0) is 21.1. The van der Waals surface area contributed by atoms with Crippen LogP contribution < -0.4 is 14.2 Å². The Kier molecular flexibility index (Phi) is 6.03. The van der Waals surface area contributed by atoms with Crippen LogP contribution in [0.5, 0.6) is 17.2 Å². The number of hydrogen-bond acceptors (Lipinski definition) is 6. The average molecular weight is 424 g/mol. The summed E-state index contributed by atoms with van der Waals surface area (Å²) in [5.41, 5.74) is 0.404. The Balaban J connectivity index is 1.21. The van der Waals surface area contributed by atoms with Gasteiger partial charge < -0.3 is 19.3 Å². The van der Waals surface area contributed by atoms with Gasteiger partial charge in [0.1, 0.15) is 5.75 Å². The van der Waals surface area contributed by atoms with Crippen molar-refractivity contribution in [3.8, 4) is 17.2 Å². The van der Waals surface area contributed by atoms with Crippen LogP contribution in [-0.4, -0.2) is 60.7 Å². The maximum atomic E-state index is 12.6. The highest BCUT2D eigenvalue weighted by Crippen LogP contribution is 2.33. The molecule has 1 atom stereocenters. The molecule has 0 aliphatic carbocycles. The Labute approximate surface area is 172 Å². The van der Waals surface area contributed by atoms with Crippen molar-refractivity contribution in [1.82, 2.24) is 9.80 Å². The number of aliphatic hydroxyl groups excluding tert-OH is 1. The highest BCUT2D eigenvalue weighted by Gasteiger charge is 2.30. The van der Waals surface area contributed by atoms with E-state index in [1.165, 1.54) is 12.1 Å². The number of hydrogen-bond donors (Lipinski definition) is 1. The van der Waals surface area contributed by atoms with E-state index in [0.717, 1.165) is 61.9 Å². The molecule has 1 fully saturated rings. The third kappa shape index (κ3) is 5.16. The first-order valence-corrected chi connectivity index (χ1v) is 9.72. The summed E-state index contributed by atoms with van der Waals surface area (Å²) in [7, 11) is 0. The minimum atomic E-state index is -4.39. The quantitative estimate of drug-likeness (QED) is 0.720. The number of halogens is 3. The summed E-state index contributed by atoms with van der Waals surface area (Å²) < 4.78 is 53.9. The van der Waals surface area contributed by atoms with Crippen LogP contribution in [0, 0.1) is 0 Å². The zero-order valence-electron chi connectivity index (χ0n) is 16.3. The number of fused-ring (bicyclic) bond motifs is 1. The first-order valence-electron chi connectivity index (χ1n) is 9.72. The van der Waals surface area contributed by atoms with E-state index < -0.39 is 18.0 Å². The van der Waals surface area contributed by atoms with Gasteiger partial charge in [-0.1, -0.05) is 6.07 Å². The van der Waals surface area contributed by atoms with Crippen molar-refractivity contribution in [2.24, 2.45) is 0 Å². The molecule has 2 aromatic rings. The molecule has 4 rings (SSSR count). The Hall–Kier alpha value is -2.49. The lowest BCUT2D eigenvalue weighted by molar-refractivity contribution is -0.137. The van der Waals surface area contributed by atoms with Gasteiger partial charge in [-0.05, 0) is 42.0 Å². The lowest BCUT2D eigenvalue weighted by Crippen LogP contribution is -2.48. The van der Waals surface area contributed by atoms with E-state index in [4.69, 9.17) is 14.2 Å². The number of β-amino-alcohol motifs (C(OH)–C–C–N with tert-alkyl or cyclic N) is 1. The van der Waals surface area contributed by atoms with Crippen LogP contribution in [0.15, 0.2) is 42.5 Å². The van der Waals surface area contributed by atoms with Gasteiger partial charge in [0.05, 0.1) is 12.1 Å². The smallest absolute Gasteiger partial charge is 0.416 e. The maximum absolute atomic E-state index is 12.6. The molecular formula is C21H23F3N2O4. The van der Waals surface area contributed by atoms with E-state index in [1.807, 2.05) is 18.2 Å². The Morgan fingerprint density at radius 3 is 2.30 bits per heavy atom. The topological polar surface area (TPSA) is 54.4 Å². The Bertz CT molecular complexity index is 852. The summed E-state index contributed by atoms with van der Waals surface area (Å²) in [6, 6.07) is 10.3. The minimum absolute atomic E-state index is 0.206. The average Bonchev–Trinajstić information content (AvgIpc) is 3.17. The summed E-state index contributed by atoms with van der Waals surface area (Å²) in [5, 5.41) is 10.1. The van der Waals surface area contributed by atoms with Crippen LogP contribution in [0.3, 0.4) is 0 Å². The summed E-state index contributed by atoms with van der Waals surface area (Å²) in [6.45, 7) is 4.54. The normalized spacial score (nSPS) is 18.4. The van der Waals surface area contributed by atoms with Crippen molar-refractivity contribution < 1.29 is 32.5 Å². The maximum Gasteiger partial charge on any atom is 0.416 e. The molecule has 9 heteroatoms. The molecule has 162 valence electrons. The lowest BCUT2D eigenvalue weighted by atomic mass is 10.1. The van der Waals surface area contributed by atoms with Gasteiger partial charge in [0, 0.05) is 32.7 Å². The summed E-state index contributed by atoms with van der Waals surface area (Å²) >= 11 is 0. The van der Waals surface area contributed by atoms with Gasteiger partial charge in [-0.15, -0.1) is 0 Å². The van der Waals surface area contributed by atoms with E-state index in [0.29, 0.717) is 6.54 Å². The predicted molar refractivity (Wildman–Crippen MR) is 102 cm³/mol. The molecule has 0 unspecified atom stereocenters. The first kappa shape index (κ1) is 20.8. The molecular weight excluding hydrogens is 401 g/mol. The van der Waals surface area contributed by atoms with E-state index in [9.17, 15) is 18.3 Å². The molecule has 0 bridgehead atoms. The predicted octanol–water partition coefficient (Wildman–Crippen LogP) is 2.95. The van der Waals surface area contributed by atoms with E-state index >= 15 is 0 Å². The van der Waals surface area contributed by atoms with Crippen LogP contribution in [0.2, 0.25) is 0 Å². The Morgan fingerprint density at radius 1 is 0.933 bits per heavy atom. The first-order chi connectivity index (χ1) is 14.4. The molecule has 0 amide bonds. The molecule has 0 radical (unpaired) electrons. The monoisotopic (exact) mass is 424 g/mol. The van der Waals surface area contributed by atoms with Crippen LogP contribution in [0.25, 0.3) is 0 Å². The van der Waals surface area contributed by atoms with Crippen molar-refractivity contribution in [3.05, 3.63) is 53.6 Å². The van der Waals surface area contributed by atoms with Crippen molar-refractivity contribution in [2.75, 3.05) is 39.5 Å². The second kappa shape index (κ2) is 8.71. The molecule has 2 heterocycles. The molecule has 2 aromatic carbocycles. The fourth-order valence-electron chi connectivity index (χ4n) is 3.57. The van der Waals surface area contributed by atoms with Crippen molar-refractivity contribution in [3.63, 3.8) is 0 Å². The number of aliphatic hydroxyl groups is 1. The van der Waals surface area contributed by atoms with Gasteiger partial charge >= 0.3 is 6.18 Å². The van der Waals surface area contributed by atoms with Gasteiger partial charge in [0.25, 0.3) is 0 Å². The van der Waals surface area contributed by atoms with Gasteiger partial charge in [0.15, 0.2) is 11.5 Å². The van der Waals surface area contributed by atoms with Gasteiger partial charge in [-0.25, -0.2) is 0 Å². The molecule has 2 aliphatic heterocycles. The van der Waals surface area contributed by atoms with Crippen molar-refractivity contribution in [2.45, 2.75) is 19.0 Å². The highest BCUT2D eigenvalue weighted by molar-refractivity contribution is 5.44. The number of nitrogens with zero attached hydrogens (tertiary/aromatic N) is 2. The van der Waals surface area contributed by atoms with Gasteiger partial charge in [-0.3, -0.25) is 9.80 Å². The van der Waals surface area contributed by atoms with Gasteiger partial charge in [0.2, 0.25) is 13.1 Å². The summed E-state index contributed by atoms with van der Waals surface area (Å²) in [5.74, 6) is 1.75. The van der Waals surface area contributed by atoms with Crippen LogP contribution >= 0.6 is 0 Å². The van der Waals surface area contributed by atoms with Gasteiger partial charge in [-0.2, -0.15) is 13.2 Å². The van der Waals surface area contributed by atoms with Crippen LogP contribution in [0.4, 0.5) is 13.2 Å². The zero-order valence-corrected chi connectivity index (χ0v) is 16.3. The highest BCUT2D eigenvalue weighted by atomic mass is 19.4. The molecule has 1 N–H and O–H groups in total. The summed E-state index contributed by atoms with van der Waals surface area (Å²) in [4.78, 5) is 4.39. The van der Waals surface area contributed by atoms with Crippen LogP contribution in [-0.2, 0) is 12.7 Å². The second-order valence-corrected chi connectivity index (χ2v) is 7.36. The number of benzene rings is 2. The largest absolute Gasteiger partial charge is 0.464 e. The molecule has 6 nitrogen and oxygen atoms in total. The van der Waals surface area contributed by atoms with Crippen molar-refractivity contribution in [1.29, 1.82) is 0 Å². The van der Waals surface area contributed by atoms with E-state index in [-0.39, 0.29) is 12.5 Å². The number of piperazine rings is 1. The molecule has 30 heavy (non-hydrogen) atoms. The molecule has 0 saturated carbocycles. The second-order valence-electron chi connectivity index (χ2n) is 7.36. The van der Waals surface area contributed by atoms with E-state index in [1.54, 1.807) is 0 Å². The fraction of sp³-hybridized carbons (Fsp3) is 0.429. The third-order valence-electron chi connectivity index (χ3n) is 5.18. The lowest BCUT2D eigenvalue weighted by Gasteiger charge is -2.35. The summed E-state index contributed by atoms with van der Waals surface area (Å²) in [6.07, 6.45) is -5.50. The van der Waals surface area contributed by atoms with E-state index in [2.05, 4.69) is 9.80 Å². The number of rotatable bonds is 6. The number of ether oxygens (including phenoxy) is 3.